The summed E-state index contributed by atoms with van der Waals surface area (Å²) in [4.78, 5) is 0. The molecule has 1 unspecified atom stereocenters. The van der Waals surface area contributed by atoms with E-state index in [1.54, 1.807) is 14.2 Å². The minimum atomic E-state index is -0.224. The Bertz CT molecular complexity index is 328. The highest BCUT2D eigenvalue weighted by Gasteiger charge is 2.11. The van der Waals surface area contributed by atoms with Crippen LogP contribution in [-0.4, -0.2) is 14.2 Å². The molecule has 1 atom stereocenters. The van der Waals surface area contributed by atoms with Crippen LogP contribution < -0.4 is 10.1 Å². The fourth-order valence-corrected chi connectivity index (χ4v) is 1.74. The second-order valence-corrected chi connectivity index (χ2v) is 3.84. The minimum Gasteiger partial charge on any atom is -0.495 e. The van der Waals surface area contributed by atoms with Crippen LogP contribution in [0.2, 0.25) is 5.02 Å². The minimum absolute atomic E-state index is 0.224. The van der Waals surface area contributed by atoms with Gasteiger partial charge in [0, 0.05) is 0 Å². The van der Waals surface area contributed by atoms with Crippen molar-refractivity contribution in [2.45, 2.75) is 12.4 Å². The Morgan fingerprint density at radius 2 is 2.07 bits per heavy atom. The van der Waals surface area contributed by atoms with Crippen LogP contribution in [0.15, 0.2) is 12.1 Å². The Labute approximate surface area is 94.2 Å². The van der Waals surface area contributed by atoms with E-state index in [0.29, 0.717) is 10.8 Å². The summed E-state index contributed by atoms with van der Waals surface area (Å²) in [5, 5.41) is 3.53. The molecule has 0 saturated carbocycles. The molecule has 0 spiro atoms. The van der Waals surface area contributed by atoms with Gasteiger partial charge < -0.3 is 10.1 Å². The van der Waals surface area contributed by atoms with Crippen molar-refractivity contribution in [1.29, 1.82) is 0 Å². The number of ether oxygens (including phenoxy) is 1. The standard InChI is InChI=1S/C10H13Cl2NO/c1-6-4-9(14-3)8(11)5-7(6)10(12)13-2/h4-5,10,13H,1-3H3. The van der Waals surface area contributed by atoms with Gasteiger partial charge in [0.1, 0.15) is 11.3 Å². The van der Waals surface area contributed by atoms with E-state index in [0.717, 1.165) is 11.1 Å². The van der Waals surface area contributed by atoms with Crippen molar-refractivity contribution in [2.24, 2.45) is 0 Å². The van der Waals surface area contributed by atoms with E-state index >= 15 is 0 Å². The second-order valence-electron chi connectivity index (χ2n) is 2.99. The molecule has 1 aromatic rings. The summed E-state index contributed by atoms with van der Waals surface area (Å²) in [6.07, 6.45) is 0. The quantitative estimate of drug-likeness (QED) is 0.640. The first-order valence-electron chi connectivity index (χ1n) is 4.25. The molecule has 0 aliphatic carbocycles. The molecule has 0 aliphatic rings. The van der Waals surface area contributed by atoms with E-state index in [4.69, 9.17) is 27.9 Å². The van der Waals surface area contributed by atoms with Crippen LogP contribution in [0.25, 0.3) is 0 Å². The molecule has 0 fully saturated rings. The lowest BCUT2D eigenvalue weighted by Crippen LogP contribution is -2.11. The number of hydrogen-bond donors (Lipinski definition) is 1. The van der Waals surface area contributed by atoms with Gasteiger partial charge in [-0.3, -0.25) is 0 Å². The van der Waals surface area contributed by atoms with Crippen LogP contribution in [0.4, 0.5) is 0 Å². The van der Waals surface area contributed by atoms with Crippen LogP contribution in [0.3, 0.4) is 0 Å². The summed E-state index contributed by atoms with van der Waals surface area (Å²) in [5.41, 5.74) is 1.80. The molecular formula is C10H13Cl2NO. The summed E-state index contributed by atoms with van der Waals surface area (Å²) in [7, 11) is 3.39. The highest BCUT2D eigenvalue weighted by Crippen LogP contribution is 2.31. The van der Waals surface area contributed by atoms with Crippen LogP contribution >= 0.6 is 23.2 Å². The number of aryl methyl sites for hydroxylation is 1. The van der Waals surface area contributed by atoms with Crippen molar-refractivity contribution >= 4 is 23.2 Å². The van der Waals surface area contributed by atoms with Gasteiger partial charge in [0.2, 0.25) is 0 Å². The lowest BCUT2D eigenvalue weighted by Gasteiger charge is -2.14. The van der Waals surface area contributed by atoms with E-state index in [1.165, 1.54) is 0 Å². The number of alkyl halides is 1. The first kappa shape index (κ1) is 11.6. The summed E-state index contributed by atoms with van der Waals surface area (Å²) in [6, 6.07) is 3.70. The summed E-state index contributed by atoms with van der Waals surface area (Å²) < 4.78 is 5.10. The van der Waals surface area contributed by atoms with Crippen molar-refractivity contribution in [2.75, 3.05) is 14.2 Å². The van der Waals surface area contributed by atoms with Crippen LogP contribution in [0.1, 0.15) is 16.6 Å². The number of benzene rings is 1. The maximum absolute atomic E-state index is 6.05. The lowest BCUT2D eigenvalue weighted by atomic mass is 10.1. The highest BCUT2D eigenvalue weighted by molar-refractivity contribution is 6.32. The molecular weight excluding hydrogens is 221 g/mol. The van der Waals surface area contributed by atoms with Gasteiger partial charge in [0.25, 0.3) is 0 Å². The zero-order valence-electron chi connectivity index (χ0n) is 8.40. The lowest BCUT2D eigenvalue weighted by molar-refractivity contribution is 0.414. The molecule has 14 heavy (non-hydrogen) atoms. The van der Waals surface area contributed by atoms with Gasteiger partial charge in [-0.15, -0.1) is 11.6 Å². The van der Waals surface area contributed by atoms with Crippen LogP contribution in [-0.2, 0) is 0 Å². The first-order valence-corrected chi connectivity index (χ1v) is 5.07. The molecule has 0 bridgehead atoms. The normalized spacial score (nSPS) is 12.6. The number of nitrogens with one attached hydrogen (secondary N) is 1. The van der Waals surface area contributed by atoms with E-state index in [9.17, 15) is 0 Å². The summed E-state index contributed by atoms with van der Waals surface area (Å²) >= 11 is 12.0. The zero-order valence-corrected chi connectivity index (χ0v) is 9.91. The average Bonchev–Trinajstić information content (AvgIpc) is 2.19. The topological polar surface area (TPSA) is 21.3 Å². The Hall–Kier alpha value is -0.440. The van der Waals surface area contributed by atoms with Gasteiger partial charge in [-0.05, 0) is 37.2 Å². The summed E-state index contributed by atoms with van der Waals surface area (Å²) in [6.45, 7) is 1.97. The fourth-order valence-electron chi connectivity index (χ4n) is 1.26. The van der Waals surface area contributed by atoms with E-state index in [1.807, 2.05) is 19.1 Å². The summed E-state index contributed by atoms with van der Waals surface area (Å²) in [5.74, 6) is 0.674. The van der Waals surface area contributed by atoms with E-state index in [2.05, 4.69) is 5.32 Å². The molecule has 0 amide bonds. The molecule has 1 aromatic carbocycles. The molecule has 0 heterocycles. The number of rotatable bonds is 3. The molecule has 1 N–H and O–H groups in total. The van der Waals surface area contributed by atoms with Crippen molar-refractivity contribution in [1.82, 2.24) is 5.32 Å². The number of methoxy groups -OCH3 is 1. The number of hydrogen-bond acceptors (Lipinski definition) is 2. The third-order valence-corrected chi connectivity index (χ3v) is 2.82. The van der Waals surface area contributed by atoms with E-state index in [-0.39, 0.29) is 5.50 Å². The number of halogens is 2. The van der Waals surface area contributed by atoms with Crippen molar-refractivity contribution in [3.05, 3.63) is 28.3 Å². The Morgan fingerprint density at radius 1 is 1.43 bits per heavy atom. The highest BCUT2D eigenvalue weighted by atomic mass is 35.5. The average molecular weight is 234 g/mol. The predicted octanol–water partition coefficient (Wildman–Crippen LogP) is 3.11. The van der Waals surface area contributed by atoms with Gasteiger partial charge in [-0.2, -0.15) is 0 Å². The Morgan fingerprint density at radius 3 is 2.57 bits per heavy atom. The Kier molecular flexibility index (Phi) is 4.05. The molecule has 4 heteroatoms. The molecule has 78 valence electrons. The molecule has 0 saturated heterocycles. The van der Waals surface area contributed by atoms with E-state index < -0.39 is 0 Å². The van der Waals surface area contributed by atoms with Gasteiger partial charge in [-0.25, -0.2) is 0 Å². The maximum Gasteiger partial charge on any atom is 0.137 e. The fraction of sp³-hybridized carbons (Fsp3) is 0.400. The van der Waals surface area contributed by atoms with Crippen molar-refractivity contribution < 1.29 is 4.74 Å². The van der Waals surface area contributed by atoms with Gasteiger partial charge in [0.05, 0.1) is 12.1 Å². The molecule has 0 radical (unpaired) electrons. The monoisotopic (exact) mass is 233 g/mol. The molecule has 0 aromatic heterocycles. The first-order chi connectivity index (χ1) is 6.60. The smallest absolute Gasteiger partial charge is 0.137 e. The van der Waals surface area contributed by atoms with Crippen LogP contribution in [0, 0.1) is 6.92 Å². The van der Waals surface area contributed by atoms with Crippen molar-refractivity contribution in [3.63, 3.8) is 0 Å². The predicted molar refractivity (Wildman–Crippen MR) is 60.4 cm³/mol. The molecule has 2 nitrogen and oxygen atoms in total. The zero-order chi connectivity index (χ0) is 10.7. The van der Waals surface area contributed by atoms with Crippen molar-refractivity contribution in [3.8, 4) is 5.75 Å². The van der Waals surface area contributed by atoms with Crippen LogP contribution in [0.5, 0.6) is 5.75 Å². The molecule has 0 aliphatic heterocycles. The van der Waals surface area contributed by atoms with Gasteiger partial charge in [-0.1, -0.05) is 11.6 Å². The largest absolute Gasteiger partial charge is 0.495 e. The Balaban J connectivity index is 3.14. The van der Waals surface area contributed by atoms with Gasteiger partial charge >= 0.3 is 0 Å². The maximum atomic E-state index is 6.05. The SMILES string of the molecule is CNC(Cl)c1cc(Cl)c(OC)cc1C. The third-order valence-electron chi connectivity index (χ3n) is 2.07. The third kappa shape index (κ3) is 2.32. The van der Waals surface area contributed by atoms with Gasteiger partial charge in [0.15, 0.2) is 0 Å². The molecule has 1 rings (SSSR count). The second kappa shape index (κ2) is 4.87.